The fourth-order valence-electron chi connectivity index (χ4n) is 2.88. The summed E-state index contributed by atoms with van der Waals surface area (Å²) in [5.74, 6) is 3.80. The number of imidazole rings is 1. The van der Waals surface area contributed by atoms with Crippen LogP contribution < -0.4 is 4.90 Å². The van der Waals surface area contributed by atoms with E-state index in [1.807, 2.05) is 34.8 Å². The van der Waals surface area contributed by atoms with Crippen molar-refractivity contribution in [3.05, 3.63) is 41.2 Å². The molecule has 0 aliphatic carbocycles. The molecule has 1 aliphatic rings. The Bertz CT molecular complexity index is 942. The Morgan fingerprint density at radius 3 is 2.77 bits per heavy atom. The average molecular weight is 389 g/mol. The van der Waals surface area contributed by atoms with Gasteiger partial charge in [-0.3, -0.25) is 4.98 Å². The molecular formula is C18H21ClN6S. The molecule has 0 radical (unpaired) electrons. The predicted octanol–water partition coefficient (Wildman–Crippen LogP) is 3.73. The van der Waals surface area contributed by atoms with E-state index in [1.165, 1.54) is 0 Å². The van der Waals surface area contributed by atoms with Gasteiger partial charge in [0.15, 0.2) is 17.0 Å². The number of aromatic nitrogens is 5. The summed E-state index contributed by atoms with van der Waals surface area (Å²) in [5, 5.41) is 0.649. The molecule has 0 aromatic carbocycles. The molecule has 4 rings (SSSR count). The highest BCUT2D eigenvalue weighted by Gasteiger charge is 2.26. The van der Waals surface area contributed by atoms with E-state index >= 15 is 0 Å². The lowest BCUT2D eigenvalue weighted by Gasteiger charge is -2.21. The summed E-state index contributed by atoms with van der Waals surface area (Å²) < 4.78 is 2.01. The topological polar surface area (TPSA) is 59.7 Å². The Labute approximate surface area is 162 Å². The average Bonchev–Trinajstić information content (AvgIpc) is 3.25. The maximum absolute atomic E-state index is 6.29. The lowest BCUT2D eigenvalue weighted by atomic mass is 9.96. The summed E-state index contributed by atoms with van der Waals surface area (Å²) in [6.07, 6.45) is 3.56. The monoisotopic (exact) mass is 388 g/mol. The van der Waals surface area contributed by atoms with Gasteiger partial charge in [-0.1, -0.05) is 32.4 Å². The number of thioether (sulfide) groups is 1. The number of anilines is 1. The van der Waals surface area contributed by atoms with Gasteiger partial charge in [0.1, 0.15) is 5.82 Å². The molecule has 8 heteroatoms. The molecule has 1 fully saturated rings. The zero-order valence-corrected chi connectivity index (χ0v) is 16.7. The standard InChI is InChI=1S/C18H21ClN6S/c1-18(2,3)17-22-15(24-7-8-26-11-24)14-16(23-17)25(10-21-14)9-13-12(19)5-4-6-20-13/h4-6,10H,7-9,11H2,1-3H3. The first-order valence-electron chi connectivity index (χ1n) is 8.59. The maximum atomic E-state index is 6.29. The number of halogens is 1. The molecule has 1 aliphatic heterocycles. The Hall–Kier alpha value is -1.86. The molecule has 26 heavy (non-hydrogen) atoms. The Kier molecular flexibility index (Phi) is 4.52. The minimum absolute atomic E-state index is 0.145. The minimum atomic E-state index is -0.145. The third-order valence-electron chi connectivity index (χ3n) is 4.32. The van der Waals surface area contributed by atoms with Crippen molar-refractivity contribution in [3.8, 4) is 0 Å². The quantitative estimate of drug-likeness (QED) is 0.681. The number of hydrogen-bond donors (Lipinski definition) is 0. The van der Waals surface area contributed by atoms with Crippen LogP contribution in [0.1, 0.15) is 32.3 Å². The van der Waals surface area contributed by atoms with E-state index in [4.69, 9.17) is 21.6 Å². The molecule has 3 aromatic rings. The number of nitrogens with zero attached hydrogens (tertiary/aromatic N) is 6. The molecule has 0 atom stereocenters. The molecule has 0 bridgehead atoms. The van der Waals surface area contributed by atoms with Gasteiger partial charge in [-0.15, -0.1) is 11.8 Å². The van der Waals surface area contributed by atoms with Gasteiger partial charge in [-0.25, -0.2) is 15.0 Å². The summed E-state index contributed by atoms with van der Waals surface area (Å²) in [4.78, 5) is 21.0. The SMILES string of the molecule is CC(C)(C)c1nc(N2CCSC2)c2ncn(Cc3ncccc3Cl)c2n1. The lowest BCUT2D eigenvalue weighted by molar-refractivity contribution is 0.546. The van der Waals surface area contributed by atoms with Crippen LogP contribution in [0.15, 0.2) is 24.7 Å². The molecule has 3 aromatic heterocycles. The molecule has 0 unspecified atom stereocenters. The molecule has 0 spiro atoms. The van der Waals surface area contributed by atoms with Crippen LogP contribution in [0, 0.1) is 0 Å². The van der Waals surface area contributed by atoms with Crippen molar-refractivity contribution in [3.63, 3.8) is 0 Å². The van der Waals surface area contributed by atoms with Gasteiger partial charge in [0.05, 0.1) is 29.5 Å². The van der Waals surface area contributed by atoms with Gasteiger partial charge in [0.25, 0.3) is 0 Å². The van der Waals surface area contributed by atoms with Crippen LogP contribution >= 0.6 is 23.4 Å². The smallest absolute Gasteiger partial charge is 0.166 e. The largest absolute Gasteiger partial charge is 0.345 e. The molecule has 4 heterocycles. The second kappa shape index (κ2) is 6.70. The Morgan fingerprint density at radius 2 is 2.08 bits per heavy atom. The normalized spacial score (nSPS) is 15.2. The molecule has 6 nitrogen and oxygen atoms in total. The van der Waals surface area contributed by atoms with Gasteiger partial charge in [-0.05, 0) is 12.1 Å². The van der Waals surface area contributed by atoms with Crippen molar-refractivity contribution in [1.29, 1.82) is 0 Å². The van der Waals surface area contributed by atoms with Gasteiger partial charge >= 0.3 is 0 Å². The van der Waals surface area contributed by atoms with E-state index in [0.29, 0.717) is 11.6 Å². The van der Waals surface area contributed by atoms with E-state index in [0.717, 1.165) is 46.7 Å². The van der Waals surface area contributed by atoms with Crippen molar-refractivity contribution in [2.45, 2.75) is 32.7 Å². The van der Waals surface area contributed by atoms with Crippen molar-refractivity contribution in [2.24, 2.45) is 0 Å². The second-order valence-electron chi connectivity index (χ2n) is 7.40. The van der Waals surface area contributed by atoms with Crippen molar-refractivity contribution < 1.29 is 0 Å². The van der Waals surface area contributed by atoms with Crippen LogP contribution in [0.3, 0.4) is 0 Å². The minimum Gasteiger partial charge on any atom is -0.345 e. The van der Waals surface area contributed by atoms with Crippen LogP contribution in [0.5, 0.6) is 0 Å². The summed E-state index contributed by atoms with van der Waals surface area (Å²) in [6, 6.07) is 3.69. The summed E-state index contributed by atoms with van der Waals surface area (Å²) >= 11 is 8.20. The highest BCUT2D eigenvalue weighted by Crippen LogP contribution is 2.31. The van der Waals surface area contributed by atoms with Crippen molar-refractivity contribution >= 4 is 40.3 Å². The first-order chi connectivity index (χ1) is 12.4. The fourth-order valence-corrected chi connectivity index (χ4v) is 4.01. The van der Waals surface area contributed by atoms with E-state index in [2.05, 4.69) is 35.6 Å². The number of fused-ring (bicyclic) bond motifs is 1. The molecule has 0 amide bonds. The van der Waals surface area contributed by atoms with Crippen molar-refractivity contribution in [1.82, 2.24) is 24.5 Å². The highest BCUT2D eigenvalue weighted by atomic mass is 35.5. The lowest BCUT2D eigenvalue weighted by Crippen LogP contribution is -2.24. The summed E-state index contributed by atoms with van der Waals surface area (Å²) in [5.41, 5.74) is 2.34. The molecule has 136 valence electrons. The Balaban J connectivity index is 1.85. The highest BCUT2D eigenvalue weighted by molar-refractivity contribution is 7.99. The molecule has 1 saturated heterocycles. The van der Waals surface area contributed by atoms with Crippen LogP contribution in [0.25, 0.3) is 11.2 Å². The zero-order chi connectivity index (χ0) is 18.3. The molecular weight excluding hydrogens is 368 g/mol. The second-order valence-corrected chi connectivity index (χ2v) is 8.88. The summed E-state index contributed by atoms with van der Waals surface area (Å²) in [7, 11) is 0. The van der Waals surface area contributed by atoms with Gasteiger partial charge < -0.3 is 9.47 Å². The number of hydrogen-bond acceptors (Lipinski definition) is 6. The van der Waals surface area contributed by atoms with E-state index in [-0.39, 0.29) is 5.41 Å². The van der Waals surface area contributed by atoms with Crippen LogP contribution in [0.4, 0.5) is 5.82 Å². The van der Waals surface area contributed by atoms with E-state index in [1.54, 1.807) is 6.20 Å². The summed E-state index contributed by atoms with van der Waals surface area (Å²) in [6.45, 7) is 7.91. The maximum Gasteiger partial charge on any atom is 0.166 e. The van der Waals surface area contributed by atoms with Gasteiger partial charge in [0.2, 0.25) is 0 Å². The fraction of sp³-hybridized carbons (Fsp3) is 0.444. The third-order valence-corrected chi connectivity index (χ3v) is 5.63. The first-order valence-corrected chi connectivity index (χ1v) is 10.1. The van der Waals surface area contributed by atoms with E-state index in [9.17, 15) is 0 Å². The first kappa shape index (κ1) is 17.5. The third kappa shape index (κ3) is 3.25. The predicted molar refractivity (Wildman–Crippen MR) is 107 cm³/mol. The van der Waals surface area contributed by atoms with Crippen LogP contribution in [0.2, 0.25) is 5.02 Å². The Morgan fingerprint density at radius 1 is 1.23 bits per heavy atom. The van der Waals surface area contributed by atoms with Crippen LogP contribution in [-0.2, 0) is 12.0 Å². The zero-order valence-electron chi connectivity index (χ0n) is 15.1. The number of pyridine rings is 1. The van der Waals surface area contributed by atoms with Crippen LogP contribution in [-0.4, -0.2) is 42.7 Å². The molecule has 0 saturated carbocycles. The van der Waals surface area contributed by atoms with Gasteiger partial charge in [-0.2, -0.15) is 0 Å². The van der Waals surface area contributed by atoms with E-state index < -0.39 is 0 Å². The molecule has 0 N–H and O–H groups in total. The van der Waals surface area contributed by atoms with Gasteiger partial charge in [0, 0.05) is 23.9 Å². The number of rotatable bonds is 3. The van der Waals surface area contributed by atoms with Crippen molar-refractivity contribution in [2.75, 3.05) is 23.1 Å².